The lowest BCUT2D eigenvalue weighted by atomic mass is 10.1. The molecule has 6 nitrogen and oxygen atoms in total. The van der Waals surface area contributed by atoms with Crippen LogP contribution >= 0.6 is 11.3 Å². The number of anilines is 1. The normalized spacial score (nSPS) is 13.0. The molecule has 0 atom stereocenters. The number of carbonyl (C=O) groups excluding carboxylic acids is 1. The second kappa shape index (κ2) is 9.04. The SMILES string of the molecule is Cc1nc(-c2ccc3c(c2)CCN3C(=O)COc2ccc(S(=O)(=O)c3ccccc3)cc2)cs1. The Morgan fingerprint density at radius 2 is 1.76 bits per heavy atom. The zero-order chi connectivity index (χ0) is 23.7. The molecule has 0 unspecified atom stereocenters. The van der Waals surface area contributed by atoms with Crippen molar-refractivity contribution < 1.29 is 17.9 Å². The number of hydrogen-bond donors (Lipinski definition) is 0. The number of ether oxygens (including phenoxy) is 1. The van der Waals surface area contributed by atoms with Gasteiger partial charge in [0, 0.05) is 23.2 Å². The van der Waals surface area contributed by atoms with Crippen LogP contribution in [0, 0.1) is 6.92 Å². The maximum absolute atomic E-state index is 12.8. The van der Waals surface area contributed by atoms with Gasteiger partial charge in [0.1, 0.15) is 5.75 Å². The van der Waals surface area contributed by atoms with Crippen molar-refractivity contribution in [2.45, 2.75) is 23.1 Å². The first-order chi connectivity index (χ1) is 16.4. The van der Waals surface area contributed by atoms with Crippen LogP contribution < -0.4 is 9.64 Å². The van der Waals surface area contributed by atoms with E-state index in [0.717, 1.165) is 33.9 Å². The van der Waals surface area contributed by atoms with E-state index in [9.17, 15) is 13.2 Å². The fourth-order valence-corrected chi connectivity index (χ4v) is 5.89. The largest absolute Gasteiger partial charge is 0.484 e. The lowest BCUT2D eigenvalue weighted by Gasteiger charge is -2.18. The number of amides is 1. The molecule has 0 saturated heterocycles. The molecule has 0 radical (unpaired) electrons. The van der Waals surface area contributed by atoms with Crippen LogP contribution in [0.1, 0.15) is 10.6 Å². The van der Waals surface area contributed by atoms with Crippen molar-refractivity contribution in [2.75, 3.05) is 18.1 Å². The van der Waals surface area contributed by atoms with Gasteiger partial charge in [0.25, 0.3) is 5.91 Å². The fourth-order valence-electron chi connectivity index (χ4n) is 3.99. The lowest BCUT2D eigenvalue weighted by molar-refractivity contribution is -0.120. The van der Waals surface area contributed by atoms with Gasteiger partial charge in [-0.2, -0.15) is 0 Å². The van der Waals surface area contributed by atoms with Crippen molar-refractivity contribution in [1.29, 1.82) is 0 Å². The average molecular weight is 491 g/mol. The number of aryl methyl sites for hydroxylation is 1. The molecule has 1 aromatic heterocycles. The van der Waals surface area contributed by atoms with Crippen LogP contribution in [0.2, 0.25) is 0 Å². The van der Waals surface area contributed by atoms with Gasteiger partial charge in [0.05, 0.1) is 20.5 Å². The highest BCUT2D eigenvalue weighted by molar-refractivity contribution is 7.91. The van der Waals surface area contributed by atoms with Crippen molar-refractivity contribution in [3.8, 4) is 17.0 Å². The topological polar surface area (TPSA) is 76.6 Å². The smallest absolute Gasteiger partial charge is 0.264 e. The van der Waals surface area contributed by atoms with Crippen LogP contribution in [0.15, 0.2) is 88.0 Å². The standard InChI is InChI=1S/C26H22N2O4S2/c1-18-27-24(17-33-18)19-7-12-25-20(15-19)13-14-28(25)26(29)16-32-21-8-10-23(11-9-21)34(30,31)22-5-3-2-4-6-22/h2-12,15,17H,13-14,16H2,1H3. The molecular weight excluding hydrogens is 468 g/mol. The monoisotopic (exact) mass is 490 g/mol. The molecule has 0 saturated carbocycles. The molecular formula is C26H22N2O4S2. The third kappa shape index (κ3) is 4.34. The predicted molar refractivity (Wildman–Crippen MR) is 132 cm³/mol. The summed E-state index contributed by atoms with van der Waals surface area (Å²) in [5.74, 6) is 0.297. The minimum Gasteiger partial charge on any atom is -0.484 e. The van der Waals surface area contributed by atoms with Crippen LogP contribution in [0.4, 0.5) is 5.69 Å². The Kier molecular flexibility index (Phi) is 5.93. The van der Waals surface area contributed by atoms with Crippen LogP contribution in [-0.4, -0.2) is 32.5 Å². The Hall–Kier alpha value is -3.49. The van der Waals surface area contributed by atoms with E-state index in [0.29, 0.717) is 12.3 Å². The number of rotatable bonds is 6. The van der Waals surface area contributed by atoms with E-state index >= 15 is 0 Å². The summed E-state index contributed by atoms with van der Waals surface area (Å²) in [4.78, 5) is 19.5. The molecule has 1 aliphatic rings. The number of nitrogens with zero attached hydrogens (tertiary/aromatic N) is 2. The van der Waals surface area contributed by atoms with Gasteiger partial charge < -0.3 is 9.64 Å². The number of fused-ring (bicyclic) bond motifs is 1. The zero-order valence-corrected chi connectivity index (χ0v) is 20.1. The van der Waals surface area contributed by atoms with E-state index in [2.05, 4.69) is 11.1 Å². The highest BCUT2D eigenvalue weighted by Gasteiger charge is 2.25. The number of carbonyl (C=O) groups is 1. The van der Waals surface area contributed by atoms with Crippen molar-refractivity contribution in [3.05, 3.63) is 88.7 Å². The average Bonchev–Trinajstić information content (AvgIpc) is 3.49. The van der Waals surface area contributed by atoms with Gasteiger partial charge in [-0.25, -0.2) is 13.4 Å². The number of thiazole rings is 1. The molecule has 4 aromatic rings. The van der Waals surface area contributed by atoms with E-state index in [1.54, 1.807) is 58.7 Å². The third-order valence-corrected chi connectivity index (χ3v) is 8.30. The number of aromatic nitrogens is 1. The lowest BCUT2D eigenvalue weighted by Crippen LogP contribution is -2.33. The van der Waals surface area contributed by atoms with Crippen LogP contribution in [0.25, 0.3) is 11.3 Å². The van der Waals surface area contributed by atoms with E-state index < -0.39 is 9.84 Å². The van der Waals surface area contributed by atoms with Gasteiger partial charge in [-0.3, -0.25) is 4.79 Å². The second-order valence-corrected chi connectivity index (χ2v) is 11.0. The summed E-state index contributed by atoms with van der Waals surface area (Å²) in [7, 11) is -3.59. The molecule has 172 valence electrons. The van der Waals surface area contributed by atoms with E-state index in [1.807, 2.05) is 24.4 Å². The number of hydrogen-bond acceptors (Lipinski definition) is 6. The minimum atomic E-state index is -3.59. The fraction of sp³-hybridized carbons (Fsp3) is 0.154. The summed E-state index contributed by atoms with van der Waals surface area (Å²) in [5, 5.41) is 3.06. The Morgan fingerprint density at radius 3 is 2.47 bits per heavy atom. The van der Waals surface area contributed by atoms with Gasteiger partial charge in [-0.15, -0.1) is 11.3 Å². The molecule has 34 heavy (non-hydrogen) atoms. The molecule has 0 N–H and O–H groups in total. The van der Waals surface area contributed by atoms with Gasteiger partial charge in [-0.1, -0.05) is 24.3 Å². The maximum Gasteiger partial charge on any atom is 0.264 e. The van der Waals surface area contributed by atoms with Crippen molar-refractivity contribution in [2.24, 2.45) is 0 Å². The molecule has 1 aliphatic heterocycles. The maximum atomic E-state index is 12.8. The first kappa shape index (κ1) is 22.3. The molecule has 0 fully saturated rings. The summed E-state index contributed by atoms with van der Waals surface area (Å²) < 4.78 is 31.1. The zero-order valence-electron chi connectivity index (χ0n) is 18.5. The highest BCUT2D eigenvalue weighted by Crippen LogP contribution is 2.33. The van der Waals surface area contributed by atoms with E-state index in [4.69, 9.17) is 4.74 Å². The van der Waals surface area contributed by atoms with Crippen LogP contribution in [0.5, 0.6) is 5.75 Å². The van der Waals surface area contributed by atoms with E-state index in [-0.39, 0.29) is 22.3 Å². The Balaban J connectivity index is 1.24. The Labute approximate surface area is 202 Å². The van der Waals surface area contributed by atoms with Crippen molar-refractivity contribution in [3.63, 3.8) is 0 Å². The number of benzene rings is 3. The van der Waals surface area contributed by atoms with Crippen LogP contribution in [-0.2, 0) is 21.1 Å². The van der Waals surface area contributed by atoms with Gasteiger partial charge in [0.2, 0.25) is 9.84 Å². The van der Waals surface area contributed by atoms with Crippen LogP contribution in [0.3, 0.4) is 0 Å². The quantitative estimate of drug-likeness (QED) is 0.383. The first-order valence-electron chi connectivity index (χ1n) is 10.8. The van der Waals surface area contributed by atoms with Gasteiger partial charge in [0.15, 0.2) is 6.61 Å². The summed E-state index contributed by atoms with van der Waals surface area (Å²) >= 11 is 1.62. The molecule has 2 heterocycles. The molecule has 3 aromatic carbocycles. The van der Waals surface area contributed by atoms with E-state index in [1.165, 1.54) is 12.1 Å². The summed E-state index contributed by atoms with van der Waals surface area (Å²) in [6, 6.07) is 20.5. The summed E-state index contributed by atoms with van der Waals surface area (Å²) in [5.41, 5.74) is 4.02. The summed E-state index contributed by atoms with van der Waals surface area (Å²) in [6.45, 7) is 2.46. The first-order valence-corrected chi connectivity index (χ1v) is 13.2. The minimum absolute atomic E-state index is 0.128. The molecule has 8 heteroatoms. The molecule has 0 bridgehead atoms. The van der Waals surface area contributed by atoms with Gasteiger partial charge in [-0.05, 0) is 67.4 Å². The van der Waals surface area contributed by atoms with Crippen molar-refractivity contribution in [1.82, 2.24) is 4.98 Å². The van der Waals surface area contributed by atoms with Gasteiger partial charge >= 0.3 is 0 Å². The molecule has 0 spiro atoms. The molecule has 5 rings (SSSR count). The molecule has 0 aliphatic carbocycles. The Morgan fingerprint density at radius 1 is 1.03 bits per heavy atom. The third-order valence-electron chi connectivity index (χ3n) is 5.74. The Bertz CT molecular complexity index is 1450. The second-order valence-electron chi connectivity index (χ2n) is 7.97. The predicted octanol–water partition coefficient (Wildman–Crippen LogP) is 4.92. The molecule has 1 amide bonds. The number of sulfone groups is 1. The van der Waals surface area contributed by atoms with Crippen molar-refractivity contribution >= 4 is 32.8 Å². The highest BCUT2D eigenvalue weighted by atomic mass is 32.2. The summed E-state index contributed by atoms with van der Waals surface area (Å²) in [6.07, 6.45) is 0.782.